The molecule has 1 aliphatic heterocycles. The first-order valence-corrected chi connectivity index (χ1v) is 4.78. The summed E-state index contributed by atoms with van der Waals surface area (Å²) in [6, 6.07) is 0. The number of hydrogen-bond donors (Lipinski definition) is 0. The van der Waals surface area contributed by atoms with Crippen molar-refractivity contribution in [3.05, 3.63) is 0 Å². The van der Waals surface area contributed by atoms with Crippen LogP contribution in [0.1, 0.15) is 6.42 Å². The molecule has 1 fully saturated rings. The lowest BCUT2D eigenvalue weighted by Gasteiger charge is -2.26. The van der Waals surface area contributed by atoms with Crippen LogP contribution in [0.25, 0.3) is 0 Å². The van der Waals surface area contributed by atoms with Crippen LogP contribution >= 0.6 is 58.0 Å². The molecule has 0 aromatic heterocycles. The molecular weight excluding hydrogens is 253 g/mol. The maximum Gasteiger partial charge on any atom is 0.223 e. The first kappa shape index (κ1) is 10.5. The van der Waals surface area contributed by atoms with Crippen LogP contribution in [0.4, 0.5) is 0 Å². The van der Waals surface area contributed by atoms with E-state index in [9.17, 15) is 0 Å². The zero-order chi connectivity index (χ0) is 8.70. The number of epoxide rings is 1. The van der Waals surface area contributed by atoms with E-state index in [1.165, 1.54) is 0 Å². The second-order valence-corrected chi connectivity index (χ2v) is 6.13. The molecule has 0 aromatic carbocycles. The molecule has 1 atom stereocenters. The van der Waals surface area contributed by atoms with E-state index >= 15 is 0 Å². The third kappa shape index (κ3) is 2.98. The second kappa shape index (κ2) is 3.28. The molecule has 66 valence electrons. The molecule has 0 aromatic rings. The van der Waals surface area contributed by atoms with Gasteiger partial charge in [-0.1, -0.05) is 58.0 Å². The van der Waals surface area contributed by atoms with Crippen LogP contribution in [0.3, 0.4) is 0 Å². The fraction of sp³-hybridized carbons (Fsp3) is 1.00. The molecule has 1 heterocycles. The van der Waals surface area contributed by atoms with Crippen LogP contribution in [-0.2, 0) is 4.74 Å². The lowest BCUT2D eigenvalue weighted by molar-refractivity contribution is 0.388. The quantitative estimate of drug-likeness (QED) is 0.547. The lowest BCUT2D eigenvalue weighted by Crippen LogP contribution is -2.32. The Morgan fingerprint density at radius 2 is 1.64 bits per heavy atom. The van der Waals surface area contributed by atoms with Gasteiger partial charge in [0.25, 0.3) is 0 Å². The van der Waals surface area contributed by atoms with Gasteiger partial charge >= 0.3 is 0 Å². The zero-order valence-electron chi connectivity index (χ0n) is 5.29. The van der Waals surface area contributed by atoms with Gasteiger partial charge in [-0.25, -0.2) is 0 Å². The Labute approximate surface area is 89.8 Å². The van der Waals surface area contributed by atoms with Gasteiger partial charge in [0.15, 0.2) is 4.33 Å². The molecule has 0 bridgehead atoms. The van der Waals surface area contributed by atoms with Crippen LogP contribution in [0.5, 0.6) is 0 Å². The molecule has 0 spiro atoms. The van der Waals surface area contributed by atoms with E-state index in [4.69, 9.17) is 62.7 Å². The lowest BCUT2D eigenvalue weighted by atomic mass is 10.2. The van der Waals surface area contributed by atoms with E-state index in [1.807, 2.05) is 0 Å². The summed E-state index contributed by atoms with van der Waals surface area (Å²) >= 11 is 28.0. The topological polar surface area (TPSA) is 12.5 Å². The highest BCUT2D eigenvalue weighted by molar-refractivity contribution is 6.75. The van der Waals surface area contributed by atoms with Gasteiger partial charge in [-0.2, -0.15) is 0 Å². The summed E-state index contributed by atoms with van der Waals surface area (Å²) in [5, 5.41) is 0. The van der Waals surface area contributed by atoms with Crippen molar-refractivity contribution in [2.75, 3.05) is 6.61 Å². The number of rotatable bonds is 2. The average Bonchev–Trinajstić information content (AvgIpc) is 2.45. The summed E-state index contributed by atoms with van der Waals surface area (Å²) in [5.41, 5.74) is 0. The molecule has 1 rings (SSSR count). The van der Waals surface area contributed by atoms with Crippen molar-refractivity contribution in [1.82, 2.24) is 0 Å². The number of alkyl halides is 5. The van der Waals surface area contributed by atoms with E-state index in [0.29, 0.717) is 13.0 Å². The summed E-state index contributed by atoms with van der Waals surface area (Å²) in [7, 11) is 0. The van der Waals surface area contributed by atoms with Crippen molar-refractivity contribution in [1.29, 1.82) is 0 Å². The Kier molecular flexibility index (Phi) is 3.13. The van der Waals surface area contributed by atoms with Crippen LogP contribution in [0, 0.1) is 0 Å². The van der Waals surface area contributed by atoms with E-state index in [2.05, 4.69) is 0 Å². The smallest absolute Gasteiger partial charge is 0.223 e. The SMILES string of the molecule is ClC(Cl)(Cl)C(Cl)(Cl)CC1CO1. The predicted molar refractivity (Wildman–Crippen MR) is 49.1 cm³/mol. The molecule has 1 unspecified atom stereocenters. The van der Waals surface area contributed by atoms with Gasteiger partial charge < -0.3 is 4.74 Å². The highest BCUT2D eigenvalue weighted by Crippen LogP contribution is 2.49. The van der Waals surface area contributed by atoms with Crippen LogP contribution in [0.2, 0.25) is 0 Å². The van der Waals surface area contributed by atoms with Crippen molar-refractivity contribution in [2.45, 2.75) is 20.7 Å². The number of halogens is 5. The Balaban J connectivity index is 2.49. The molecule has 1 nitrogen and oxygen atoms in total. The minimum atomic E-state index is -1.66. The van der Waals surface area contributed by atoms with Crippen molar-refractivity contribution in [2.24, 2.45) is 0 Å². The van der Waals surface area contributed by atoms with Gasteiger partial charge in [0, 0.05) is 6.42 Å². The van der Waals surface area contributed by atoms with Gasteiger partial charge in [0.2, 0.25) is 3.79 Å². The predicted octanol–water partition coefficient (Wildman–Crippen LogP) is 3.32. The maximum absolute atomic E-state index is 5.74. The first-order chi connectivity index (χ1) is 4.83. The normalized spacial score (nSPS) is 25.4. The monoisotopic (exact) mass is 256 g/mol. The fourth-order valence-electron chi connectivity index (χ4n) is 0.588. The Morgan fingerprint density at radius 3 is 1.91 bits per heavy atom. The van der Waals surface area contributed by atoms with Crippen molar-refractivity contribution >= 4 is 58.0 Å². The molecule has 0 aliphatic carbocycles. The molecule has 1 aliphatic rings. The van der Waals surface area contributed by atoms with Gasteiger partial charge in [-0.15, -0.1) is 0 Å². The first-order valence-electron chi connectivity index (χ1n) is 2.89. The summed E-state index contributed by atoms with van der Waals surface area (Å²) in [6.07, 6.45) is 0.382. The Bertz CT molecular complexity index is 147. The summed E-state index contributed by atoms with van der Waals surface area (Å²) in [5.74, 6) is 0. The molecule has 11 heavy (non-hydrogen) atoms. The summed E-state index contributed by atoms with van der Waals surface area (Å²) in [4.78, 5) is 0. The standard InChI is InChI=1S/C5H5Cl5O/c6-4(7,5(8,9)10)1-3-2-11-3/h3H,1-2H2. The molecule has 0 N–H and O–H groups in total. The highest BCUT2D eigenvalue weighted by Gasteiger charge is 2.49. The van der Waals surface area contributed by atoms with Gasteiger partial charge in [-0.3, -0.25) is 0 Å². The largest absolute Gasteiger partial charge is 0.373 e. The van der Waals surface area contributed by atoms with Crippen molar-refractivity contribution in [3.8, 4) is 0 Å². The summed E-state index contributed by atoms with van der Waals surface area (Å²) in [6.45, 7) is 0.641. The van der Waals surface area contributed by atoms with E-state index in [-0.39, 0.29) is 6.10 Å². The number of hydrogen-bond acceptors (Lipinski definition) is 1. The third-order valence-electron chi connectivity index (χ3n) is 1.30. The zero-order valence-corrected chi connectivity index (χ0v) is 9.07. The highest BCUT2D eigenvalue weighted by atomic mass is 35.6. The molecule has 6 heteroatoms. The van der Waals surface area contributed by atoms with Crippen molar-refractivity contribution in [3.63, 3.8) is 0 Å². The third-order valence-corrected chi connectivity index (χ3v) is 3.72. The average molecular weight is 258 g/mol. The van der Waals surface area contributed by atoms with Crippen LogP contribution < -0.4 is 0 Å². The minimum absolute atomic E-state index is 0.0422. The second-order valence-electron chi connectivity index (χ2n) is 2.36. The van der Waals surface area contributed by atoms with Gasteiger partial charge in [0.1, 0.15) is 0 Å². The van der Waals surface area contributed by atoms with E-state index in [1.54, 1.807) is 0 Å². The maximum atomic E-state index is 5.74. The van der Waals surface area contributed by atoms with E-state index in [0.717, 1.165) is 0 Å². The van der Waals surface area contributed by atoms with Gasteiger partial charge in [-0.05, 0) is 0 Å². The molecule has 1 saturated heterocycles. The Morgan fingerprint density at radius 1 is 1.18 bits per heavy atom. The molecule has 0 radical (unpaired) electrons. The number of ether oxygens (including phenoxy) is 1. The molecular formula is C5H5Cl5O. The molecule has 0 saturated carbocycles. The molecule has 0 amide bonds. The van der Waals surface area contributed by atoms with Crippen LogP contribution in [-0.4, -0.2) is 20.8 Å². The van der Waals surface area contributed by atoms with Crippen LogP contribution in [0.15, 0.2) is 0 Å². The fourth-order valence-corrected chi connectivity index (χ4v) is 1.16. The van der Waals surface area contributed by atoms with Crippen molar-refractivity contribution < 1.29 is 4.74 Å². The van der Waals surface area contributed by atoms with Gasteiger partial charge in [0.05, 0.1) is 12.7 Å². The minimum Gasteiger partial charge on any atom is -0.373 e. The Hall–Kier alpha value is 1.41. The van der Waals surface area contributed by atoms with E-state index < -0.39 is 8.13 Å². The summed E-state index contributed by atoms with van der Waals surface area (Å²) < 4.78 is 1.87.